The zero-order valence-corrected chi connectivity index (χ0v) is 11.4. The van der Waals surface area contributed by atoms with Crippen molar-refractivity contribution in [2.45, 2.75) is 18.9 Å². The topological polar surface area (TPSA) is 26.3 Å². The largest absolute Gasteiger partial charge is 0.490 e. The number of carbonyl (C=O) groups is 1. The lowest BCUT2D eigenvalue weighted by Crippen LogP contribution is -2.03. The van der Waals surface area contributed by atoms with Gasteiger partial charge in [-0.25, -0.2) is 4.39 Å². The number of hydrogen-bond donors (Lipinski definition) is 0. The highest BCUT2D eigenvalue weighted by molar-refractivity contribution is 6.35. The summed E-state index contributed by atoms with van der Waals surface area (Å²) in [5.74, 6) is 0.0713. The maximum Gasteiger partial charge on any atom is 0.194 e. The zero-order valence-electron chi connectivity index (χ0n) is 10.6. The molecule has 1 saturated carbocycles. The van der Waals surface area contributed by atoms with Gasteiger partial charge in [0.15, 0.2) is 5.78 Å². The summed E-state index contributed by atoms with van der Waals surface area (Å²) in [5.41, 5.74) is 0.797. The predicted molar refractivity (Wildman–Crippen MR) is 74.9 cm³/mol. The Kier molecular flexibility index (Phi) is 3.45. The van der Waals surface area contributed by atoms with Crippen molar-refractivity contribution >= 4 is 17.4 Å². The van der Waals surface area contributed by atoms with Gasteiger partial charge in [0.2, 0.25) is 0 Å². The Morgan fingerprint density at radius 1 is 1.15 bits per heavy atom. The molecule has 0 aromatic heterocycles. The van der Waals surface area contributed by atoms with E-state index in [2.05, 4.69) is 0 Å². The number of carbonyl (C=O) groups excluding carboxylic acids is 1. The standard InChI is InChI=1S/C16H12ClFO2/c17-15-9-11(18)3-8-14(15)16(19)10-1-4-12(5-2-10)20-13-6-7-13/h1-5,8-9,13H,6-7H2. The molecule has 1 aliphatic rings. The summed E-state index contributed by atoms with van der Waals surface area (Å²) < 4.78 is 18.6. The molecule has 0 bridgehead atoms. The third kappa shape index (κ3) is 2.83. The molecule has 0 spiro atoms. The fourth-order valence-corrected chi connectivity index (χ4v) is 2.15. The molecule has 0 radical (unpaired) electrons. The van der Waals surface area contributed by atoms with Gasteiger partial charge >= 0.3 is 0 Å². The van der Waals surface area contributed by atoms with E-state index >= 15 is 0 Å². The monoisotopic (exact) mass is 290 g/mol. The van der Waals surface area contributed by atoms with Crippen molar-refractivity contribution in [1.29, 1.82) is 0 Å². The van der Waals surface area contributed by atoms with Crippen molar-refractivity contribution in [3.8, 4) is 5.75 Å². The molecule has 2 nitrogen and oxygen atoms in total. The molecule has 0 aliphatic heterocycles. The van der Waals surface area contributed by atoms with Gasteiger partial charge in [0, 0.05) is 11.1 Å². The van der Waals surface area contributed by atoms with Crippen LogP contribution in [0.1, 0.15) is 28.8 Å². The maximum atomic E-state index is 13.0. The highest BCUT2D eigenvalue weighted by Gasteiger charge is 2.23. The molecule has 1 fully saturated rings. The molecule has 102 valence electrons. The van der Waals surface area contributed by atoms with Crippen LogP contribution in [0.25, 0.3) is 0 Å². The lowest BCUT2D eigenvalue weighted by atomic mass is 10.0. The predicted octanol–water partition coefficient (Wildman–Crippen LogP) is 4.25. The number of rotatable bonds is 4. The van der Waals surface area contributed by atoms with Crippen LogP contribution in [0, 0.1) is 5.82 Å². The first-order chi connectivity index (χ1) is 9.63. The normalized spacial score (nSPS) is 14.1. The van der Waals surface area contributed by atoms with Crippen molar-refractivity contribution in [3.63, 3.8) is 0 Å². The van der Waals surface area contributed by atoms with Crippen LogP contribution in [0.3, 0.4) is 0 Å². The Bertz CT molecular complexity index is 648. The van der Waals surface area contributed by atoms with Crippen LogP contribution in [0.4, 0.5) is 4.39 Å². The molecule has 2 aromatic carbocycles. The van der Waals surface area contributed by atoms with E-state index in [1.165, 1.54) is 12.1 Å². The highest BCUT2D eigenvalue weighted by Crippen LogP contribution is 2.27. The number of ether oxygens (including phenoxy) is 1. The molecule has 1 aliphatic carbocycles. The first-order valence-electron chi connectivity index (χ1n) is 6.40. The van der Waals surface area contributed by atoms with E-state index in [4.69, 9.17) is 16.3 Å². The van der Waals surface area contributed by atoms with Gasteiger partial charge in [-0.2, -0.15) is 0 Å². The summed E-state index contributed by atoms with van der Waals surface area (Å²) in [6.45, 7) is 0. The van der Waals surface area contributed by atoms with Gasteiger partial charge in [-0.1, -0.05) is 11.6 Å². The number of hydrogen-bond acceptors (Lipinski definition) is 2. The average molecular weight is 291 g/mol. The van der Waals surface area contributed by atoms with Crippen LogP contribution in [0.5, 0.6) is 5.75 Å². The van der Waals surface area contributed by atoms with Gasteiger partial charge in [0.1, 0.15) is 11.6 Å². The van der Waals surface area contributed by atoms with Gasteiger partial charge in [-0.05, 0) is 55.3 Å². The molecule has 0 atom stereocenters. The fraction of sp³-hybridized carbons (Fsp3) is 0.188. The average Bonchev–Trinajstić information content (AvgIpc) is 3.23. The highest BCUT2D eigenvalue weighted by atomic mass is 35.5. The molecule has 20 heavy (non-hydrogen) atoms. The molecule has 0 unspecified atom stereocenters. The van der Waals surface area contributed by atoms with E-state index in [0.29, 0.717) is 17.2 Å². The Hall–Kier alpha value is -1.87. The van der Waals surface area contributed by atoms with Crippen LogP contribution in [0.15, 0.2) is 42.5 Å². The number of halogens is 2. The molecule has 4 heteroatoms. The minimum Gasteiger partial charge on any atom is -0.490 e. The molecule has 0 N–H and O–H groups in total. The second-order valence-corrected chi connectivity index (χ2v) is 5.20. The van der Waals surface area contributed by atoms with Crippen LogP contribution < -0.4 is 4.74 Å². The van der Waals surface area contributed by atoms with Gasteiger partial charge in [-0.3, -0.25) is 4.79 Å². The molecular weight excluding hydrogens is 279 g/mol. The summed E-state index contributed by atoms with van der Waals surface area (Å²) in [7, 11) is 0. The molecule has 0 saturated heterocycles. The van der Waals surface area contributed by atoms with E-state index in [0.717, 1.165) is 24.7 Å². The summed E-state index contributed by atoms with van der Waals surface area (Å²) >= 11 is 5.90. The quantitative estimate of drug-likeness (QED) is 0.787. The Labute approximate surface area is 121 Å². The van der Waals surface area contributed by atoms with E-state index in [1.54, 1.807) is 24.3 Å². The summed E-state index contributed by atoms with van der Waals surface area (Å²) in [4.78, 5) is 12.3. The Balaban J connectivity index is 1.82. The summed E-state index contributed by atoms with van der Waals surface area (Å²) in [5, 5.41) is 0.119. The second kappa shape index (κ2) is 5.25. The zero-order chi connectivity index (χ0) is 14.1. The van der Waals surface area contributed by atoms with Crippen molar-refractivity contribution < 1.29 is 13.9 Å². The molecule has 3 rings (SSSR count). The van der Waals surface area contributed by atoms with E-state index in [1.807, 2.05) is 0 Å². The fourth-order valence-electron chi connectivity index (χ4n) is 1.89. The molecule has 0 amide bonds. The van der Waals surface area contributed by atoms with Gasteiger partial charge in [0.25, 0.3) is 0 Å². The lowest BCUT2D eigenvalue weighted by molar-refractivity contribution is 0.103. The van der Waals surface area contributed by atoms with Crippen molar-refractivity contribution in [2.75, 3.05) is 0 Å². The van der Waals surface area contributed by atoms with Crippen LogP contribution in [-0.2, 0) is 0 Å². The summed E-state index contributed by atoms with van der Waals surface area (Å²) in [6, 6.07) is 10.7. The van der Waals surface area contributed by atoms with Crippen molar-refractivity contribution in [2.24, 2.45) is 0 Å². The maximum absolute atomic E-state index is 13.0. The Morgan fingerprint density at radius 3 is 2.45 bits per heavy atom. The minimum atomic E-state index is -0.459. The van der Waals surface area contributed by atoms with Crippen molar-refractivity contribution in [3.05, 3.63) is 64.4 Å². The first-order valence-corrected chi connectivity index (χ1v) is 6.78. The lowest BCUT2D eigenvalue weighted by Gasteiger charge is -2.06. The van der Waals surface area contributed by atoms with E-state index in [9.17, 15) is 9.18 Å². The second-order valence-electron chi connectivity index (χ2n) is 4.79. The van der Waals surface area contributed by atoms with Gasteiger partial charge < -0.3 is 4.74 Å². The summed E-state index contributed by atoms with van der Waals surface area (Å²) in [6.07, 6.45) is 2.50. The smallest absolute Gasteiger partial charge is 0.194 e. The SMILES string of the molecule is O=C(c1ccc(OC2CC2)cc1)c1ccc(F)cc1Cl. The third-order valence-electron chi connectivity index (χ3n) is 3.12. The van der Waals surface area contributed by atoms with Crippen molar-refractivity contribution in [1.82, 2.24) is 0 Å². The van der Waals surface area contributed by atoms with Gasteiger partial charge in [0.05, 0.1) is 11.1 Å². The van der Waals surface area contributed by atoms with Gasteiger partial charge in [-0.15, -0.1) is 0 Å². The van der Waals surface area contributed by atoms with Crippen LogP contribution in [0.2, 0.25) is 5.02 Å². The molecule has 2 aromatic rings. The van der Waals surface area contributed by atoms with E-state index in [-0.39, 0.29) is 10.8 Å². The molecule has 0 heterocycles. The first kappa shape index (κ1) is 13.1. The number of ketones is 1. The molecular formula is C16H12ClFO2. The number of benzene rings is 2. The van der Waals surface area contributed by atoms with E-state index < -0.39 is 5.82 Å². The van der Waals surface area contributed by atoms with Crippen LogP contribution >= 0.6 is 11.6 Å². The minimum absolute atomic E-state index is 0.119. The van der Waals surface area contributed by atoms with Crippen LogP contribution in [-0.4, -0.2) is 11.9 Å². The third-order valence-corrected chi connectivity index (χ3v) is 3.43. The Morgan fingerprint density at radius 2 is 1.85 bits per heavy atom.